The van der Waals surface area contributed by atoms with E-state index in [1.165, 1.54) is 4.68 Å². The Morgan fingerprint density at radius 3 is 3.09 bits per heavy atom. The lowest BCUT2D eigenvalue weighted by molar-refractivity contribution is -0.668. The van der Waals surface area contributed by atoms with Crippen molar-refractivity contribution >= 4 is 0 Å². The zero-order valence-corrected chi connectivity index (χ0v) is 5.60. The second-order valence-corrected chi connectivity index (χ2v) is 1.91. The van der Waals surface area contributed by atoms with Gasteiger partial charge in [-0.25, -0.2) is 4.98 Å². The third-order valence-electron chi connectivity index (χ3n) is 1.21. The van der Waals surface area contributed by atoms with Crippen LogP contribution < -0.4 is 4.68 Å². The summed E-state index contributed by atoms with van der Waals surface area (Å²) >= 11 is 0. The number of nitrogens with one attached hydrogen (secondary N) is 1. The molecule has 2 aromatic rings. The number of aromatic amines is 1. The van der Waals surface area contributed by atoms with Crippen molar-refractivity contribution in [1.29, 1.82) is 0 Å². The summed E-state index contributed by atoms with van der Waals surface area (Å²) in [4.78, 5) is 4.03. The number of hydrogen-bond donors (Lipinski definition) is 1. The third kappa shape index (κ3) is 1.07. The van der Waals surface area contributed by atoms with Crippen LogP contribution >= 0.6 is 0 Å². The van der Waals surface area contributed by atoms with E-state index in [1.807, 2.05) is 18.2 Å². The lowest BCUT2D eigenvalue weighted by atomic mass is 10.5. The SMILES string of the molecule is [c-]1n[nH]n[n+]1-c1ccccn1. The molecule has 2 aromatic heterocycles. The van der Waals surface area contributed by atoms with E-state index in [9.17, 15) is 0 Å². The summed E-state index contributed by atoms with van der Waals surface area (Å²) in [7, 11) is 0. The van der Waals surface area contributed by atoms with Crippen LogP contribution in [0.5, 0.6) is 0 Å². The van der Waals surface area contributed by atoms with Crippen LogP contribution in [0.4, 0.5) is 0 Å². The molecule has 0 fully saturated rings. The summed E-state index contributed by atoms with van der Waals surface area (Å²) in [6.45, 7) is 0. The minimum atomic E-state index is 0.696. The maximum absolute atomic E-state index is 4.03. The average molecular weight is 147 g/mol. The molecule has 5 nitrogen and oxygen atoms in total. The monoisotopic (exact) mass is 147 g/mol. The first-order chi connectivity index (χ1) is 5.47. The minimum absolute atomic E-state index is 0.696. The fourth-order valence-corrected chi connectivity index (χ4v) is 0.741. The summed E-state index contributed by atoms with van der Waals surface area (Å²) in [5.74, 6) is 0.696. The van der Waals surface area contributed by atoms with Gasteiger partial charge in [0.15, 0.2) is 0 Å². The maximum Gasteiger partial charge on any atom is 0.129 e. The molecule has 0 atom stereocenters. The van der Waals surface area contributed by atoms with E-state index in [0.717, 1.165) is 0 Å². The molecule has 0 unspecified atom stereocenters. The van der Waals surface area contributed by atoms with Crippen molar-refractivity contribution < 1.29 is 4.68 Å². The first-order valence-corrected chi connectivity index (χ1v) is 3.09. The van der Waals surface area contributed by atoms with Gasteiger partial charge in [-0.3, -0.25) is 4.68 Å². The zero-order chi connectivity index (χ0) is 7.52. The van der Waals surface area contributed by atoms with Crippen LogP contribution in [0.1, 0.15) is 0 Å². The summed E-state index contributed by atoms with van der Waals surface area (Å²) < 4.78 is 1.43. The molecule has 0 saturated carbocycles. The van der Waals surface area contributed by atoms with Gasteiger partial charge in [-0.05, 0) is 11.3 Å². The van der Waals surface area contributed by atoms with E-state index in [0.29, 0.717) is 5.82 Å². The van der Waals surface area contributed by atoms with Crippen LogP contribution in [0.2, 0.25) is 0 Å². The molecular weight excluding hydrogens is 142 g/mol. The van der Waals surface area contributed by atoms with Gasteiger partial charge in [-0.2, -0.15) is 0 Å². The Morgan fingerprint density at radius 2 is 2.45 bits per heavy atom. The van der Waals surface area contributed by atoms with Gasteiger partial charge in [0, 0.05) is 0 Å². The van der Waals surface area contributed by atoms with E-state index in [4.69, 9.17) is 0 Å². The molecule has 5 heteroatoms. The number of hydrogen-bond acceptors (Lipinski definition) is 3. The van der Waals surface area contributed by atoms with Crippen molar-refractivity contribution in [1.82, 2.24) is 20.5 Å². The fourth-order valence-electron chi connectivity index (χ4n) is 0.741. The lowest BCUT2D eigenvalue weighted by Crippen LogP contribution is -2.33. The second kappa shape index (κ2) is 2.45. The van der Waals surface area contributed by atoms with Gasteiger partial charge in [0.05, 0.1) is 6.20 Å². The molecule has 0 bridgehead atoms. The number of rotatable bonds is 1. The van der Waals surface area contributed by atoms with Gasteiger partial charge < -0.3 is 0 Å². The highest BCUT2D eigenvalue weighted by molar-refractivity contribution is 5.08. The van der Waals surface area contributed by atoms with Crippen molar-refractivity contribution in [3.05, 3.63) is 30.7 Å². The molecule has 1 N–H and O–H groups in total. The third-order valence-corrected chi connectivity index (χ3v) is 1.21. The van der Waals surface area contributed by atoms with Gasteiger partial charge >= 0.3 is 0 Å². The van der Waals surface area contributed by atoms with E-state index in [1.54, 1.807) is 6.20 Å². The highest BCUT2D eigenvalue weighted by Gasteiger charge is 1.90. The molecule has 0 aromatic carbocycles. The Morgan fingerprint density at radius 1 is 1.45 bits per heavy atom. The molecule has 54 valence electrons. The number of nitrogens with zero attached hydrogens (tertiary/aromatic N) is 4. The molecule has 0 saturated heterocycles. The van der Waals surface area contributed by atoms with Crippen molar-refractivity contribution in [3.8, 4) is 5.82 Å². The Labute approximate surface area is 62.7 Å². The summed E-state index contributed by atoms with van der Waals surface area (Å²) in [6, 6.07) is 5.53. The zero-order valence-electron chi connectivity index (χ0n) is 5.60. The van der Waals surface area contributed by atoms with Gasteiger partial charge in [0.2, 0.25) is 0 Å². The Kier molecular flexibility index (Phi) is 1.33. The molecular formula is C6H5N5. The highest BCUT2D eigenvalue weighted by atomic mass is 15.5. The number of tetrazole rings is 1. The normalized spacial score (nSPS) is 9.82. The predicted molar refractivity (Wildman–Crippen MR) is 34.5 cm³/mol. The Bertz CT molecular complexity index is 314. The quantitative estimate of drug-likeness (QED) is 0.427. The van der Waals surface area contributed by atoms with Crippen molar-refractivity contribution in [2.24, 2.45) is 0 Å². The largest absolute Gasteiger partial charge is 0.263 e. The van der Waals surface area contributed by atoms with Crippen LogP contribution in [0.25, 0.3) is 5.82 Å². The van der Waals surface area contributed by atoms with Crippen LogP contribution in [0, 0.1) is 6.33 Å². The van der Waals surface area contributed by atoms with Gasteiger partial charge in [0.1, 0.15) is 12.1 Å². The van der Waals surface area contributed by atoms with Gasteiger partial charge in [-0.1, -0.05) is 22.4 Å². The van der Waals surface area contributed by atoms with Crippen molar-refractivity contribution in [3.63, 3.8) is 0 Å². The maximum atomic E-state index is 4.03. The number of H-pyrrole nitrogens is 1. The molecule has 0 amide bonds. The molecule has 2 rings (SSSR count). The highest BCUT2D eigenvalue weighted by Crippen LogP contribution is 1.87. The van der Waals surface area contributed by atoms with Crippen LogP contribution in [-0.4, -0.2) is 20.5 Å². The lowest BCUT2D eigenvalue weighted by Gasteiger charge is -1.97. The summed E-state index contributed by atoms with van der Waals surface area (Å²) in [5.41, 5.74) is 0. The predicted octanol–water partition coefficient (Wildman–Crippen LogP) is -0.723. The van der Waals surface area contributed by atoms with E-state index in [-0.39, 0.29) is 0 Å². The van der Waals surface area contributed by atoms with Crippen LogP contribution in [0.3, 0.4) is 0 Å². The first kappa shape index (κ1) is 5.96. The second-order valence-electron chi connectivity index (χ2n) is 1.91. The first-order valence-electron chi connectivity index (χ1n) is 3.09. The Hall–Kier alpha value is -1.78. The molecule has 2 heterocycles. The summed E-state index contributed by atoms with van der Waals surface area (Å²) in [6.07, 6.45) is 4.28. The van der Waals surface area contributed by atoms with Crippen LogP contribution in [0.15, 0.2) is 24.4 Å². The minimum Gasteiger partial charge on any atom is -0.263 e. The van der Waals surface area contributed by atoms with E-state index >= 15 is 0 Å². The molecule has 0 radical (unpaired) electrons. The van der Waals surface area contributed by atoms with E-state index in [2.05, 4.69) is 26.8 Å². The molecule has 11 heavy (non-hydrogen) atoms. The van der Waals surface area contributed by atoms with Crippen molar-refractivity contribution in [2.45, 2.75) is 0 Å². The molecule has 0 aliphatic rings. The fraction of sp³-hybridized carbons (Fsp3) is 0. The average Bonchev–Trinajstić information content (AvgIpc) is 2.58. The molecule has 0 spiro atoms. The van der Waals surface area contributed by atoms with Gasteiger partial charge in [0.25, 0.3) is 0 Å². The van der Waals surface area contributed by atoms with Crippen molar-refractivity contribution in [2.75, 3.05) is 0 Å². The topological polar surface area (TPSA) is 58.3 Å². The van der Waals surface area contributed by atoms with Gasteiger partial charge in [-0.15, -0.1) is 0 Å². The smallest absolute Gasteiger partial charge is 0.129 e. The summed E-state index contributed by atoms with van der Waals surface area (Å²) in [5, 5.41) is 9.71. The standard InChI is InChI=1S/C6H5N5/c1-2-4-7-6(3-1)11-5-8-9-10-11/h1-4,9H. The number of pyridine rings is 1. The Balaban J connectivity index is 2.46. The molecule has 0 aliphatic heterocycles. The van der Waals surface area contributed by atoms with Crippen LogP contribution in [-0.2, 0) is 0 Å². The number of aromatic nitrogens is 5. The molecule has 0 aliphatic carbocycles. The van der Waals surface area contributed by atoms with E-state index < -0.39 is 0 Å².